The second kappa shape index (κ2) is 2.35. The van der Waals surface area contributed by atoms with Crippen LogP contribution in [0.1, 0.15) is 11.6 Å². The summed E-state index contributed by atoms with van der Waals surface area (Å²) in [5, 5.41) is 0. The highest BCUT2D eigenvalue weighted by Gasteiger charge is 2.26. The van der Waals surface area contributed by atoms with Crippen molar-refractivity contribution in [2.24, 2.45) is 5.73 Å². The van der Waals surface area contributed by atoms with Crippen LogP contribution in [0.2, 0.25) is 0 Å². The molecule has 0 fully saturated rings. The van der Waals surface area contributed by atoms with Gasteiger partial charge >= 0.3 is 0 Å². The maximum Gasteiger partial charge on any atom is 0.165 e. The maximum absolute atomic E-state index is 13.0. The van der Waals surface area contributed by atoms with Gasteiger partial charge in [0, 0.05) is 11.3 Å². The molecule has 4 heteroatoms. The molecule has 0 spiro atoms. The Labute approximate surface area is 69.1 Å². The van der Waals surface area contributed by atoms with Crippen molar-refractivity contribution in [1.82, 2.24) is 0 Å². The third-order valence-corrected chi connectivity index (χ3v) is 1.96. The maximum atomic E-state index is 13.0. The average molecular weight is 168 g/mol. The molecule has 2 rings (SSSR count). The van der Waals surface area contributed by atoms with E-state index >= 15 is 0 Å². The van der Waals surface area contributed by atoms with Gasteiger partial charge in [0.15, 0.2) is 11.6 Å². The molecule has 0 radical (unpaired) electrons. The number of nitrogens with two attached hydrogens (primary N) is 2. The molecule has 1 atom stereocenters. The molecule has 0 aliphatic carbocycles. The molecule has 1 unspecified atom stereocenters. The van der Waals surface area contributed by atoms with E-state index in [1.807, 2.05) is 0 Å². The van der Waals surface area contributed by atoms with Gasteiger partial charge in [0.2, 0.25) is 0 Å². The number of hydrogen-bond donors (Lipinski definition) is 2. The van der Waals surface area contributed by atoms with Crippen LogP contribution in [-0.4, -0.2) is 6.61 Å². The van der Waals surface area contributed by atoms with Crippen LogP contribution in [0.15, 0.2) is 12.1 Å². The normalized spacial score (nSPS) is 20.3. The van der Waals surface area contributed by atoms with E-state index < -0.39 is 5.82 Å². The van der Waals surface area contributed by atoms with E-state index in [1.165, 1.54) is 12.1 Å². The quantitative estimate of drug-likeness (QED) is 0.563. The lowest BCUT2D eigenvalue weighted by Crippen LogP contribution is -2.12. The van der Waals surface area contributed by atoms with Gasteiger partial charge in [-0.15, -0.1) is 0 Å². The van der Waals surface area contributed by atoms with Gasteiger partial charge in [-0.25, -0.2) is 4.39 Å². The predicted molar refractivity (Wildman–Crippen MR) is 43.2 cm³/mol. The highest BCUT2D eigenvalue weighted by Crippen LogP contribution is 2.37. The summed E-state index contributed by atoms with van der Waals surface area (Å²) >= 11 is 0. The molecule has 1 heterocycles. The molecule has 4 N–H and O–H groups in total. The number of ether oxygens (including phenoxy) is 1. The minimum Gasteiger partial charge on any atom is -0.488 e. The Morgan fingerprint density at radius 1 is 1.50 bits per heavy atom. The van der Waals surface area contributed by atoms with E-state index in [4.69, 9.17) is 16.2 Å². The Morgan fingerprint density at radius 2 is 2.25 bits per heavy atom. The summed E-state index contributed by atoms with van der Waals surface area (Å²) in [6, 6.07) is 2.49. The fourth-order valence-corrected chi connectivity index (χ4v) is 1.37. The Balaban J connectivity index is 2.64. The average Bonchev–Trinajstić information content (AvgIpc) is 2.42. The van der Waals surface area contributed by atoms with E-state index in [2.05, 4.69) is 0 Å². The summed E-state index contributed by atoms with van der Waals surface area (Å²) in [4.78, 5) is 0. The predicted octanol–water partition coefficient (Wildman–Crippen LogP) is 0.800. The van der Waals surface area contributed by atoms with E-state index in [0.29, 0.717) is 17.9 Å². The van der Waals surface area contributed by atoms with Crippen molar-refractivity contribution in [2.45, 2.75) is 6.04 Å². The van der Waals surface area contributed by atoms with Gasteiger partial charge in [0.25, 0.3) is 0 Å². The van der Waals surface area contributed by atoms with Crippen molar-refractivity contribution in [2.75, 3.05) is 12.3 Å². The van der Waals surface area contributed by atoms with Gasteiger partial charge in [-0.1, -0.05) is 0 Å². The Morgan fingerprint density at radius 3 is 2.92 bits per heavy atom. The lowest BCUT2D eigenvalue weighted by atomic mass is 10.1. The molecule has 1 aromatic rings. The van der Waals surface area contributed by atoms with Crippen molar-refractivity contribution >= 4 is 5.69 Å². The van der Waals surface area contributed by atoms with Crippen molar-refractivity contribution in [3.63, 3.8) is 0 Å². The lowest BCUT2D eigenvalue weighted by Gasteiger charge is -2.04. The van der Waals surface area contributed by atoms with E-state index in [9.17, 15) is 4.39 Å². The summed E-state index contributed by atoms with van der Waals surface area (Å²) in [5.41, 5.74) is 12.3. The summed E-state index contributed by atoms with van der Waals surface area (Å²) in [7, 11) is 0. The van der Waals surface area contributed by atoms with Crippen LogP contribution in [0.25, 0.3) is 0 Å². The first-order chi connectivity index (χ1) is 5.70. The summed E-state index contributed by atoms with van der Waals surface area (Å²) in [6.45, 7) is 0.306. The fourth-order valence-electron chi connectivity index (χ4n) is 1.37. The van der Waals surface area contributed by atoms with Crippen molar-refractivity contribution < 1.29 is 9.13 Å². The summed E-state index contributed by atoms with van der Waals surface area (Å²) in [6.07, 6.45) is 0. The molecule has 1 aliphatic rings. The molecule has 0 saturated heterocycles. The summed E-state index contributed by atoms with van der Waals surface area (Å²) in [5.74, 6) is -0.186. The zero-order valence-electron chi connectivity index (χ0n) is 6.38. The number of benzene rings is 1. The molecule has 0 saturated carbocycles. The minimum atomic E-state index is -0.396. The third kappa shape index (κ3) is 0.848. The van der Waals surface area contributed by atoms with Crippen LogP contribution >= 0.6 is 0 Å². The molecule has 1 aliphatic heterocycles. The van der Waals surface area contributed by atoms with Crippen LogP contribution < -0.4 is 16.2 Å². The number of hydrogen-bond acceptors (Lipinski definition) is 3. The van der Waals surface area contributed by atoms with Crippen LogP contribution in [0.4, 0.5) is 10.1 Å². The molecule has 0 aromatic heterocycles. The molecule has 0 bridgehead atoms. The third-order valence-electron chi connectivity index (χ3n) is 1.96. The Bertz CT molecular complexity index is 327. The number of rotatable bonds is 0. The zero-order chi connectivity index (χ0) is 8.72. The molecule has 0 amide bonds. The monoisotopic (exact) mass is 168 g/mol. The number of anilines is 1. The molecule has 12 heavy (non-hydrogen) atoms. The number of halogens is 1. The zero-order valence-corrected chi connectivity index (χ0v) is 6.38. The highest BCUT2D eigenvalue weighted by molar-refractivity contribution is 5.58. The van der Waals surface area contributed by atoms with Crippen LogP contribution in [-0.2, 0) is 0 Å². The summed E-state index contributed by atoms with van der Waals surface area (Å²) < 4.78 is 18.1. The van der Waals surface area contributed by atoms with E-state index in [0.717, 1.165) is 0 Å². The van der Waals surface area contributed by atoms with E-state index in [1.54, 1.807) is 0 Å². The highest BCUT2D eigenvalue weighted by atomic mass is 19.1. The van der Waals surface area contributed by atoms with Crippen LogP contribution in [0, 0.1) is 5.82 Å². The Hall–Kier alpha value is -1.29. The second-order valence-electron chi connectivity index (χ2n) is 2.80. The minimum absolute atomic E-state index is 0.211. The Kier molecular flexibility index (Phi) is 1.44. The first-order valence-electron chi connectivity index (χ1n) is 3.66. The SMILES string of the molecule is Nc1ccc(F)c2c1C(N)CO2. The first kappa shape index (κ1) is 7.36. The van der Waals surface area contributed by atoms with Gasteiger partial charge in [-0.3, -0.25) is 0 Å². The first-order valence-corrected chi connectivity index (χ1v) is 3.66. The molecule has 3 nitrogen and oxygen atoms in total. The van der Waals surface area contributed by atoms with Gasteiger partial charge in [-0.05, 0) is 12.1 Å². The smallest absolute Gasteiger partial charge is 0.165 e. The van der Waals surface area contributed by atoms with Gasteiger partial charge in [0.1, 0.15) is 6.61 Å². The van der Waals surface area contributed by atoms with Crippen LogP contribution in [0.3, 0.4) is 0 Å². The molecular weight excluding hydrogens is 159 g/mol. The standard InChI is InChI=1S/C8H9FN2O/c9-4-1-2-5(10)7-6(11)3-12-8(4)7/h1-2,6H,3,10-11H2. The fraction of sp³-hybridized carbons (Fsp3) is 0.250. The number of nitrogen functional groups attached to an aromatic ring is 1. The molecular formula is C8H9FN2O. The molecule has 1 aromatic carbocycles. The topological polar surface area (TPSA) is 61.3 Å². The van der Waals surface area contributed by atoms with Crippen LogP contribution in [0.5, 0.6) is 5.75 Å². The molecule has 64 valence electrons. The second-order valence-corrected chi connectivity index (χ2v) is 2.80. The van der Waals surface area contributed by atoms with Gasteiger partial charge < -0.3 is 16.2 Å². The number of fused-ring (bicyclic) bond motifs is 1. The van der Waals surface area contributed by atoms with Crippen molar-refractivity contribution in [1.29, 1.82) is 0 Å². The van der Waals surface area contributed by atoms with Crippen molar-refractivity contribution in [3.8, 4) is 5.75 Å². The van der Waals surface area contributed by atoms with Gasteiger partial charge in [-0.2, -0.15) is 0 Å². The lowest BCUT2D eigenvalue weighted by molar-refractivity contribution is 0.319. The largest absolute Gasteiger partial charge is 0.488 e. The van der Waals surface area contributed by atoms with E-state index in [-0.39, 0.29) is 11.8 Å². The van der Waals surface area contributed by atoms with Gasteiger partial charge in [0.05, 0.1) is 6.04 Å². The van der Waals surface area contributed by atoms with Crippen molar-refractivity contribution in [3.05, 3.63) is 23.5 Å².